The molecule has 0 aliphatic carbocycles. The molecular weight excluding hydrogens is 246 g/mol. The molecule has 0 saturated carbocycles. The Morgan fingerprint density at radius 3 is 2.72 bits per heavy atom. The highest BCUT2D eigenvalue weighted by Gasteiger charge is 2.17. The monoisotopic (exact) mass is 261 g/mol. The highest BCUT2D eigenvalue weighted by Crippen LogP contribution is 2.30. The minimum absolute atomic E-state index is 0.342. The minimum Gasteiger partial charge on any atom is -0.461 e. The zero-order chi connectivity index (χ0) is 13.1. The van der Waals surface area contributed by atoms with Gasteiger partial charge in [-0.1, -0.05) is 24.3 Å². The van der Waals surface area contributed by atoms with Gasteiger partial charge in [-0.25, -0.2) is 9.78 Å². The first-order valence-corrected chi connectivity index (χ1v) is 6.65. The Labute approximate surface area is 110 Å². The first kappa shape index (κ1) is 12.8. The molecule has 0 spiro atoms. The number of ether oxygens (including phenoxy) is 1. The van der Waals surface area contributed by atoms with E-state index in [1.807, 2.05) is 38.1 Å². The van der Waals surface area contributed by atoms with Crippen LogP contribution in [0.3, 0.4) is 0 Å². The molecule has 0 saturated heterocycles. The average molecular weight is 261 g/mol. The van der Waals surface area contributed by atoms with Crippen LogP contribution in [0.15, 0.2) is 24.3 Å². The van der Waals surface area contributed by atoms with E-state index in [-0.39, 0.29) is 5.97 Å². The van der Waals surface area contributed by atoms with E-state index in [0.29, 0.717) is 12.3 Å². The number of hydrogen-bond donors (Lipinski definition) is 0. The molecule has 0 N–H and O–H groups in total. The maximum absolute atomic E-state index is 11.7. The summed E-state index contributed by atoms with van der Waals surface area (Å²) in [7, 11) is 0. The van der Waals surface area contributed by atoms with Gasteiger partial charge in [-0.05, 0) is 26.3 Å². The fourth-order valence-electron chi connectivity index (χ4n) is 1.71. The van der Waals surface area contributed by atoms with Crippen LogP contribution in [0.1, 0.15) is 27.9 Å². The van der Waals surface area contributed by atoms with E-state index >= 15 is 0 Å². The highest BCUT2D eigenvalue weighted by molar-refractivity contribution is 7.15. The highest BCUT2D eigenvalue weighted by atomic mass is 32.1. The summed E-state index contributed by atoms with van der Waals surface area (Å²) < 4.78 is 4.99. The van der Waals surface area contributed by atoms with Crippen LogP contribution in [-0.4, -0.2) is 17.6 Å². The molecule has 0 aliphatic heterocycles. The summed E-state index contributed by atoms with van der Waals surface area (Å²) in [6, 6.07) is 8.02. The quantitative estimate of drug-likeness (QED) is 0.792. The Morgan fingerprint density at radius 2 is 2.06 bits per heavy atom. The third-order valence-corrected chi connectivity index (χ3v) is 3.64. The summed E-state index contributed by atoms with van der Waals surface area (Å²) >= 11 is 1.52. The lowest BCUT2D eigenvalue weighted by Gasteiger charge is -2.00. The number of esters is 1. The third kappa shape index (κ3) is 2.43. The predicted molar refractivity (Wildman–Crippen MR) is 73.0 cm³/mol. The second-order valence-electron chi connectivity index (χ2n) is 3.96. The van der Waals surface area contributed by atoms with Crippen LogP contribution in [0, 0.1) is 13.8 Å². The van der Waals surface area contributed by atoms with Crippen molar-refractivity contribution < 1.29 is 9.53 Å². The number of carbonyl (C=O) groups is 1. The first-order chi connectivity index (χ1) is 8.63. The summed E-state index contributed by atoms with van der Waals surface area (Å²) in [5, 5.41) is 0.869. The van der Waals surface area contributed by atoms with Gasteiger partial charge in [-0.15, -0.1) is 11.3 Å². The Balaban J connectivity index is 2.41. The zero-order valence-corrected chi connectivity index (χ0v) is 11.5. The molecule has 0 bridgehead atoms. The molecule has 1 aromatic carbocycles. The second-order valence-corrected chi connectivity index (χ2v) is 5.16. The van der Waals surface area contributed by atoms with Gasteiger partial charge in [0.25, 0.3) is 0 Å². The van der Waals surface area contributed by atoms with Gasteiger partial charge in [0.05, 0.1) is 6.61 Å². The fraction of sp³-hybridized carbons (Fsp3) is 0.286. The van der Waals surface area contributed by atoms with E-state index in [2.05, 4.69) is 4.98 Å². The van der Waals surface area contributed by atoms with E-state index < -0.39 is 0 Å². The maximum Gasteiger partial charge on any atom is 0.358 e. The summed E-state index contributed by atoms with van der Waals surface area (Å²) in [4.78, 5) is 17.0. The van der Waals surface area contributed by atoms with Gasteiger partial charge in [-0.2, -0.15) is 0 Å². The predicted octanol–water partition coefficient (Wildman–Crippen LogP) is 3.60. The maximum atomic E-state index is 11.7. The molecular formula is C14H15NO2S. The van der Waals surface area contributed by atoms with Crippen molar-refractivity contribution in [3.05, 3.63) is 40.4 Å². The third-order valence-electron chi connectivity index (χ3n) is 2.64. The van der Waals surface area contributed by atoms with Crippen LogP contribution in [0.4, 0.5) is 0 Å². The normalized spacial score (nSPS) is 10.4. The van der Waals surface area contributed by atoms with Crippen LogP contribution in [0.25, 0.3) is 10.6 Å². The number of aromatic nitrogens is 1. The van der Waals surface area contributed by atoms with Gasteiger partial charge in [-0.3, -0.25) is 0 Å². The fourth-order valence-corrected chi connectivity index (χ4v) is 2.70. The topological polar surface area (TPSA) is 39.2 Å². The first-order valence-electron chi connectivity index (χ1n) is 5.84. The standard InChI is InChI=1S/C14H15NO2S/c1-4-17-14(16)12-10(3)18-13(15-12)11-8-6-5-7-9(11)2/h5-8H,4H2,1-3H3. The smallest absolute Gasteiger partial charge is 0.358 e. The SMILES string of the molecule is CCOC(=O)c1nc(-c2ccccc2C)sc1C. The van der Waals surface area contributed by atoms with E-state index in [0.717, 1.165) is 21.0 Å². The largest absolute Gasteiger partial charge is 0.461 e. The van der Waals surface area contributed by atoms with Crippen LogP contribution < -0.4 is 0 Å². The molecule has 94 valence electrons. The molecule has 3 nitrogen and oxygen atoms in total. The van der Waals surface area contributed by atoms with Crippen molar-refractivity contribution >= 4 is 17.3 Å². The van der Waals surface area contributed by atoms with Gasteiger partial charge in [0.15, 0.2) is 5.69 Å². The van der Waals surface area contributed by atoms with Crippen molar-refractivity contribution in [3.8, 4) is 10.6 Å². The lowest BCUT2D eigenvalue weighted by Crippen LogP contribution is -2.06. The van der Waals surface area contributed by atoms with Crippen LogP contribution in [0.2, 0.25) is 0 Å². The van der Waals surface area contributed by atoms with E-state index in [4.69, 9.17) is 4.74 Å². The van der Waals surface area contributed by atoms with Crippen molar-refractivity contribution in [3.63, 3.8) is 0 Å². The molecule has 0 unspecified atom stereocenters. The van der Waals surface area contributed by atoms with Crippen molar-refractivity contribution in [1.29, 1.82) is 0 Å². The van der Waals surface area contributed by atoms with E-state index in [1.54, 1.807) is 6.92 Å². The average Bonchev–Trinajstić information content (AvgIpc) is 2.72. The minimum atomic E-state index is -0.342. The van der Waals surface area contributed by atoms with Crippen LogP contribution >= 0.6 is 11.3 Å². The van der Waals surface area contributed by atoms with Crippen LogP contribution in [-0.2, 0) is 4.74 Å². The van der Waals surface area contributed by atoms with E-state index in [9.17, 15) is 4.79 Å². The molecule has 2 rings (SSSR count). The molecule has 1 aromatic heterocycles. The number of hydrogen-bond acceptors (Lipinski definition) is 4. The van der Waals surface area contributed by atoms with Crippen LogP contribution in [0.5, 0.6) is 0 Å². The molecule has 0 atom stereocenters. The molecule has 18 heavy (non-hydrogen) atoms. The van der Waals surface area contributed by atoms with Gasteiger partial charge < -0.3 is 4.74 Å². The van der Waals surface area contributed by atoms with Crippen molar-refractivity contribution in [2.45, 2.75) is 20.8 Å². The summed E-state index contributed by atoms with van der Waals surface area (Å²) in [6.07, 6.45) is 0. The Hall–Kier alpha value is -1.68. The van der Waals surface area contributed by atoms with Crippen molar-refractivity contribution in [1.82, 2.24) is 4.98 Å². The van der Waals surface area contributed by atoms with Gasteiger partial charge in [0.2, 0.25) is 0 Å². The zero-order valence-electron chi connectivity index (χ0n) is 10.7. The number of nitrogens with zero attached hydrogens (tertiary/aromatic N) is 1. The molecule has 0 aliphatic rings. The summed E-state index contributed by atoms with van der Waals surface area (Å²) in [6.45, 7) is 6.10. The number of rotatable bonds is 3. The Kier molecular flexibility index (Phi) is 3.77. The number of benzene rings is 1. The van der Waals surface area contributed by atoms with Crippen molar-refractivity contribution in [2.75, 3.05) is 6.61 Å². The summed E-state index contributed by atoms with van der Waals surface area (Å²) in [5.74, 6) is -0.342. The van der Waals surface area contributed by atoms with E-state index in [1.165, 1.54) is 11.3 Å². The Bertz CT molecular complexity index is 575. The number of carbonyl (C=O) groups excluding carboxylic acids is 1. The van der Waals surface area contributed by atoms with Gasteiger partial charge >= 0.3 is 5.97 Å². The molecule has 2 aromatic rings. The lowest BCUT2D eigenvalue weighted by molar-refractivity contribution is 0.0519. The molecule has 4 heteroatoms. The molecule has 0 radical (unpaired) electrons. The lowest BCUT2D eigenvalue weighted by atomic mass is 10.1. The van der Waals surface area contributed by atoms with Gasteiger partial charge in [0.1, 0.15) is 5.01 Å². The molecule has 1 heterocycles. The number of aryl methyl sites for hydroxylation is 2. The Morgan fingerprint density at radius 1 is 1.33 bits per heavy atom. The molecule has 0 amide bonds. The number of thiazole rings is 1. The van der Waals surface area contributed by atoms with Crippen molar-refractivity contribution in [2.24, 2.45) is 0 Å². The summed E-state index contributed by atoms with van der Waals surface area (Å²) in [5.41, 5.74) is 2.66. The second kappa shape index (κ2) is 5.31. The molecule has 0 fully saturated rings. The van der Waals surface area contributed by atoms with Gasteiger partial charge in [0, 0.05) is 10.4 Å².